The normalized spacial score (nSPS) is 18.0. The van der Waals surface area contributed by atoms with Crippen LogP contribution in [0.1, 0.15) is 59.5 Å². The lowest BCUT2D eigenvalue weighted by atomic mass is 9.76. The Balaban J connectivity index is 1.00. The van der Waals surface area contributed by atoms with E-state index >= 15 is 0 Å². The molecule has 0 aliphatic carbocycles. The molecule has 2 fully saturated rings. The summed E-state index contributed by atoms with van der Waals surface area (Å²) in [6.07, 6.45) is 6.10. The Kier molecular flexibility index (Phi) is 11.2. The topological polar surface area (TPSA) is 99.0 Å². The minimum atomic E-state index is -0.598. The van der Waals surface area contributed by atoms with Gasteiger partial charge in [-0.2, -0.15) is 0 Å². The number of halogens is 1. The monoisotopic (exact) mass is 733 g/mol. The van der Waals surface area contributed by atoms with E-state index in [2.05, 4.69) is 9.88 Å². The highest BCUT2D eigenvalue weighted by molar-refractivity contribution is 5.98. The molecular formula is C43H48FN5O5. The lowest BCUT2D eigenvalue weighted by Gasteiger charge is -2.33. The number of hydrogen-bond acceptors (Lipinski definition) is 8. The van der Waals surface area contributed by atoms with E-state index in [1.807, 2.05) is 64.1 Å². The van der Waals surface area contributed by atoms with Crippen molar-refractivity contribution in [3.63, 3.8) is 0 Å². The van der Waals surface area contributed by atoms with Gasteiger partial charge in [0.15, 0.2) is 17.3 Å². The zero-order valence-electron chi connectivity index (χ0n) is 31.3. The number of likely N-dealkylation sites (tertiary alicyclic amines) is 2. The van der Waals surface area contributed by atoms with Crippen molar-refractivity contribution in [2.24, 2.45) is 11.3 Å². The first-order chi connectivity index (χ1) is 26.3. The van der Waals surface area contributed by atoms with Crippen LogP contribution in [0.15, 0.2) is 85.1 Å². The van der Waals surface area contributed by atoms with Crippen LogP contribution < -0.4 is 14.2 Å². The molecule has 4 heterocycles. The van der Waals surface area contributed by atoms with Crippen LogP contribution in [0.2, 0.25) is 0 Å². The molecule has 0 spiro atoms. The lowest BCUT2D eigenvalue weighted by molar-refractivity contribution is -0.137. The molecule has 2 aliphatic rings. The zero-order chi connectivity index (χ0) is 37.7. The standard InChI is InChI=1S/C43H48FN5O5/c1-52-37-25-31(26-38(53-2)40(37)54-3)28-48-24-19-43(42(48)51,27-30-12-14-33(44)15-13-30)18-8-21-47-22-16-32(17-23-47)39(50)41-46-35-10-4-5-11-36(35)49(41)29-34-9-6-7-20-45-34/h4-7,9-15,20,25-26,32H,8,16-19,21-24,27-29H2,1-3H3. The number of rotatable bonds is 15. The maximum absolute atomic E-state index is 14.4. The molecule has 10 nitrogen and oxygen atoms in total. The number of piperidine rings is 1. The van der Waals surface area contributed by atoms with E-state index < -0.39 is 5.41 Å². The van der Waals surface area contributed by atoms with Crippen molar-refractivity contribution in [2.45, 2.75) is 51.6 Å². The number of pyridine rings is 1. The van der Waals surface area contributed by atoms with Crippen LogP contribution in [0, 0.1) is 17.2 Å². The number of imidazole rings is 1. The summed E-state index contributed by atoms with van der Waals surface area (Å²) in [7, 11) is 4.73. The third-order valence-corrected chi connectivity index (χ3v) is 11.2. The number of benzene rings is 3. The number of ketones is 1. The highest BCUT2D eigenvalue weighted by Crippen LogP contribution is 2.43. The van der Waals surface area contributed by atoms with Gasteiger partial charge in [0.1, 0.15) is 5.82 Å². The fourth-order valence-electron chi connectivity index (χ4n) is 8.29. The van der Waals surface area contributed by atoms with Gasteiger partial charge in [-0.25, -0.2) is 9.37 Å². The molecule has 3 aromatic carbocycles. The van der Waals surface area contributed by atoms with Crippen LogP contribution >= 0.6 is 0 Å². The van der Waals surface area contributed by atoms with Crippen molar-refractivity contribution in [2.75, 3.05) is 47.5 Å². The number of aromatic nitrogens is 3. The van der Waals surface area contributed by atoms with E-state index in [0.717, 1.165) is 66.8 Å². The van der Waals surface area contributed by atoms with Gasteiger partial charge in [-0.05, 0) is 118 Å². The number of nitrogens with zero attached hydrogens (tertiary/aromatic N) is 5. The number of amides is 1. The van der Waals surface area contributed by atoms with Crippen molar-refractivity contribution < 1.29 is 28.2 Å². The summed E-state index contributed by atoms with van der Waals surface area (Å²) in [5.74, 6) is 1.90. The van der Waals surface area contributed by atoms with E-state index in [9.17, 15) is 14.0 Å². The molecule has 2 saturated heterocycles. The van der Waals surface area contributed by atoms with Crippen LogP contribution in [-0.2, 0) is 24.3 Å². The summed E-state index contributed by atoms with van der Waals surface area (Å²) in [5.41, 5.74) is 3.87. The fourth-order valence-corrected chi connectivity index (χ4v) is 8.29. The van der Waals surface area contributed by atoms with Crippen molar-refractivity contribution >= 4 is 22.7 Å². The van der Waals surface area contributed by atoms with Gasteiger partial charge in [-0.1, -0.05) is 30.3 Å². The molecule has 1 atom stereocenters. The molecule has 2 aromatic heterocycles. The number of ether oxygens (including phenoxy) is 3. The van der Waals surface area contributed by atoms with Gasteiger partial charge in [0.05, 0.1) is 50.0 Å². The van der Waals surface area contributed by atoms with Crippen molar-refractivity contribution in [3.8, 4) is 17.2 Å². The zero-order valence-corrected chi connectivity index (χ0v) is 31.3. The first-order valence-corrected chi connectivity index (χ1v) is 18.8. The van der Waals surface area contributed by atoms with Crippen molar-refractivity contribution in [1.29, 1.82) is 0 Å². The average Bonchev–Trinajstić information content (AvgIpc) is 3.71. The second kappa shape index (κ2) is 16.4. The Labute approximate surface area is 315 Å². The highest BCUT2D eigenvalue weighted by Gasteiger charge is 2.46. The SMILES string of the molecule is COc1cc(CN2CCC(CCCN3CCC(C(=O)c4nc5ccccc5n4Cc4ccccn4)CC3)(Cc3ccc(F)cc3)C2=O)cc(OC)c1OC. The molecule has 2 aliphatic heterocycles. The third-order valence-electron chi connectivity index (χ3n) is 11.2. The van der Waals surface area contributed by atoms with E-state index in [1.165, 1.54) is 12.1 Å². The molecule has 0 bridgehead atoms. The molecule has 1 unspecified atom stereocenters. The Hall–Kier alpha value is -5.29. The predicted molar refractivity (Wildman–Crippen MR) is 204 cm³/mol. The highest BCUT2D eigenvalue weighted by atomic mass is 19.1. The lowest BCUT2D eigenvalue weighted by Crippen LogP contribution is -2.39. The molecule has 0 radical (unpaired) electrons. The second-order valence-electron chi connectivity index (χ2n) is 14.5. The number of carbonyl (C=O) groups excluding carboxylic acids is 2. The molecule has 7 rings (SSSR count). The third kappa shape index (κ3) is 7.82. The number of Topliss-reactive ketones (excluding diaryl/α,β-unsaturated/α-hetero) is 1. The Morgan fingerprint density at radius 1 is 0.870 bits per heavy atom. The summed E-state index contributed by atoms with van der Waals surface area (Å²) >= 11 is 0. The summed E-state index contributed by atoms with van der Waals surface area (Å²) in [4.78, 5) is 42.0. The van der Waals surface area contributed by atoms with E-state index in [4.69, 9.17) is 19.2 Å². The van der Waals surface area contributed by atoms with Gasteiger partial charge in [0, 0.05) is 25.2 Å². The first-order valence-electron chi connectivity index (χ1n) is 18.8. The molecule has 11 heteroatoms. The minimum Gasteiger partial charge on any atom is -0.493 e. The second-order valence-corrected chi connectivity index (χ2v) is 14.5. The van der Waals surface area contributed by atoms with Crippen LogP contribution in [-0.4, -0.2) is 83.5 Å². The molecule has 0 N–H and O–H groups in total. The summed E-state index contributed by atoms with van der Waals surface area (Å²) in [6.45, 7) is 3.98. The Bertz CT molecular complexity index is 2050. The van der Waals surface area contributed by atoms with Crippen molar-refractivity contribution in [1.82, 2.24) is 24.3 Å². The van der Waals surface area contributed by atoms with Gasteiger partial charge >= 0.3 is 0 Å². The molecule has 282 valence electrons. The number of para-hydroxylation sites is 2. The van der Waals surface area contributed by atoms with Gasteiger partial charge < -0.3 is 28.6 Å². The van der Waals surface area contributed by atoms with Gasteiger partial charge in [0.2, 0.25) is 17.4 Å². The fraction of sp³-hybridized carbons (Fsp3) is 0.395. The number of carbonyl (C=O) groups is 2. The molecule has 1 amide bonds. The van der Waals surface area contributed by atoms with Gasteiger partial charge in [-0.15, -0.1) is 0 Å². The van der Waals surface area contributed by atoms with Gasteiger partial charge in [0.25, 0.3) is 0 Å². The average molecular weight is 734 g/mol. The first kappa shape index (κ1) is 37.0. The summed E-state index contributed by atoms with van der Waals surface area (Å²) in [6, 6.07) is 24.0. The molecule has 54 heavy (non-hydrogen) atoms. The molecule has 0 saturated carbocycles. The van der Waals surface area contributed by atoms with Crippen molar-refractivity contribution in [3.05, 3.63) is 114 Å². The summed E-state index contributed by atoms with van der Waals surface area (Å²) < 4.78 is 32.5. The predicted octanol–water partition coefficient (Wildman–Crippen LogP) is 6.98. The number of methoxy groups -OCH3 is 3. The van der Waals surface area contributed by atoms with Crippen LogP contribution in [0.5, 0.6) is 17.2 Å². The van der Waals surface area contributed by atoms with E-state index in [-0.39, 0.29) is 23.4 Å². The largest absolute Gasteiger partial charge is 0.493 e. The van der Waals surface area contributed by atoms with Crippen LogP contribution in [0.4, 0.5) is 4.39 Å². The van der Waals surface area contributed by atoms with Crippen LogP contribution in [0.3, 0.4) is 0 Å². The number of hydrogen-bond donors (Lipinski definition) is 0. The Morgan fingerprint density at radius 2 is 1.59 bits per heavy atom. The van der Waals surface area contributed by atoms with E-state index in [1.54, 1.807) is 39.7 Å². The minimum absolute atomic E-state index is 0.0868. The number of fused-ring (bicyclic) bond motifs is 1. The maximum atomic E-state index is 14.4. The van der Waals surface area contributed by atoms with E-state index in [0.29, 0.717) is 62.0 Å². The molecular weight excluding hydrogens is 686 g/mol. The quantitative estimate of drug-likeness (QED) is 0.106. The Morgan fingerprint density at radius 3 is 2.28 bits per heavy atom. The molecule has 5 aromatic rings. The maximum Gasteiger partial charge on any atom is 0.229 e. The summed E-state index contributed by atoms with van der Waals surface area (Å²) in [5, 5.41) is 0. The van der Waals surface area contributed by atoms with Crippen LogP contribution in [0.25, 0.3) is 11.0 Å². The smallest absolute Gasteiger partial charge is 0.229 e. The van der Waals surface area contributed by atoms with Gasteiger partial charge in [-0.3, -0.25) is 14.6 Å².